The molecule has 84 valence electrons. The van der Waals surface area contributed by atoms with E-state index in [0.29, 0.717) is 11.5 Å². The zero-order valence-electron chi connectivity index (χ0n) is 8.70. The summed E-state index contributed by atoms with van der Waals surface area (Å²) >= 11 is 0. The van der Waals surface area contributed by atoms with Crippen molar-refractivity contribution >= 4 is 9.84 Å². The molecule has 0 aromatic carbocycles. The van der Waals surface area contributed by atoms with Gasteiger partial charge in [-0.2, -0.15) is 0 Å². The minimum Gasteiger partial charge on any atom is -0.271 e. The highest BCUT2D eigenvalue weighted by atomic mass is 32.2. The Labute approximate surface area is 86.1 Å². The third-order valence-corrected chi connectivity index (χ3v) is 4.71. The van der Waals surface area contributed by atoms with Gasteiger partial charge in [0.25, 0.3) is 0 Å². The van der Waals surface area contributed by atoms with Crippen LogP contribution >= 0.6 is 0 Å². The van der Waals surface area contributed by atoms with Gasteiger partial charge < -0.3 is 0 Å². The predicted molar refractivity (Wildman–Crippen MR) is 57.4 cm³/mol. The molecular weight excluding hydrogens is 200 g/mol. The molecule has 0 aliphatic carbocycles. The van der Waals surface area contributed by atoms with Crippen molar-refractivity contribution < 1.29 is 8.42 Å². The molecule has 3 N–H and O–H groups in total. The molecule has 1 aliphatic heterocycles. The third-order valence-electron chi connectivity index (χ3n) is 2.92. The maximum atomic E-state index is 11.3. The largest absolute Gasteiger partial charge is 0.271 e. The van der Waals surface area contributed by atoms with Crippen molar-refractivity contribution in [2.45, 2.75) is 38.6 Å². The molecule has 1 aliphatic rings. The summed E-state index contributed by atoms with van der Waals surface area (Å²) in [6.07, 6.45) is 3.97. The maximum Gasteiger partial charge on any atom is 0.150 e. The van der Waals surface area contributed by atoms with Crippen LogP contribution in [0.4, 0.5) is 0 Å². The number of nitrogens with two attached hydrogens (primary N) is 1. The maximum absolute atomic E-state index is 11.3. The number of hydrogen-bond acceptors (Lipinski definition) is 4. The normalized spacial score (nSPS) is 27.7. The van der Waals surface area contributed by atoms with Crippen LogP contribution < -0.4 is 11.3 Å². The highest BCUT2D eigenvalue weighted by Crippen LogP contribution is 2.23. The van der Waals surface area contributed by atoms with E-state index in [9.17, 15) is 8.42 Å². The molecule has 2 atom stereocenters. The molecule has 1 fully saturated rings. The summed E-state index contributed by atoms with van der Waals surface area (Å²) in [6.45, 7) is 2.12. The minimum atomic E-state index is -2.77. The number of rotatable bonds is 5. The number of hydrogen-bond donors (Lipinski definition) is 2. The average Bonchev–Trinajstić information content (AvgIpc) is 2.48. The lowest BCUT2D eigenvalue weighted by atomic mass is 9.95. The fourth-order valence-electron chi connectivity index (χ4n) is 2.02. The molecule has 5 heteroatoms. The van der Waals surface area contributed by atoms with Gasteiger partial charge in [0.05, 0.1) is 11.5 Å². The predicted octanol–water partition coefficient (Wildman–Crippen LogP) is 0.443. The summed E-state index contributed by atoms with van der Waals surface area (Å²) in [6, 6.07) is 0.173. The topological polar surface area (TPSA) is 72.2 Å². The van der Waals surface area contributed by atoms with Crippen molar-refractivity contribution in [1.82, 2.24) is 5.43 Å². The van der Waals surface area contributed by atoms with Crippen LogP contribution in [0.15, 0.2) is 0 Å². The first kappa shape index (κ1) is 11.9. The lowest BCUT2D eigenvalue weighted by molar-refractivity contribution is 0.358. The fourth-order valence-corrected chi connectivity index (χ4v) is 3.90. The van der Waals surface area contributed by atoms with Crippen LogP contribution in [0.1, 0.15) is 32.6 Å². The highest BCUT2D eigenvalue weighted by Gasteiger charge is 2.32. The van der Waals surface area contributed by atoms with Crippen LogP contribution in [-0.4, -0.2) is 26.0 Å². The summed E-state index contributed by atoms with van der Waals surface area (Å²) in [5, 5.41) is 0. The van der Waals surface area contributed by atoms with Gasteiger partial charge in [-0.05, 0) is 18.8 Å². The minimum absolute atomic E-state index is 0.173. The van der Waals surface area contributed by atoms with Crippen molar-refractivity contribution in [3.05, 3.63) is 0 Å². The Balaban J connectivity index is 2.46. The molecule has 0 bridgehead atoms. The van der Waals surface area contributed by atoms with Gasteiger partial charge in [-0.1, -0.05) is 19.8 Å². The van der Waals surface area contributed by atoms with Gasteiger partial charge in [-0.15, -0.1) is 0 Å². The molecule has 1 rings (SSSR count). The van der Waals surface area contributed by atoms with Gasteiger partial charge in [-0.25, -0.2) is 8.42 Å². The second-order valence-electron chi connectivity index (χ2n) is 4.08. The standard InChI is InChI=1S/C9H20N2O2S/c1-2-3-4-9(11-10)8-5-6-14(12,13)7-8/h8-9,11H,2-7,10H2,1H3. The first-order valence-corrected chi connectivity index (χ1v) is 7.07. The van der Waals surface area contributed by atoms with Crippen LogP contribution in [-0.2, 0) is 9.84 Å². The van der Waals surface area contributed by atoms with Gasteiger partial charge in [0.2, 0.25) is 0 Å². The van der Waals surface area contributed by atoms with E-state index in [-0.39, 0.29) is 12.0 Å². The number of sulfone groups is 1. The molecule has 0 aromatic heterocycles. The molecule has 0 spiro atoms. The monoisotopic (exact) mass is 220 g/mol. The van der Waals surface area contributed by atoms with E-state index in [1.807, 2.05) is 0 Å². The summed E-state index contributed by atoms with van der Waals surface area (Å²) in [5.74, 6) is 6.30. The average molecular weight is 220 g/mol. The lowest BCUT2D eigenvalue weighted by Crippen LogP contribution is -2.41. The Hall–Kier alpha value is -0.130. The summed E-state index contributed by atoms with van der Waals surface area (Å²) in [4.78, 5) is 0. The van der Waals surface area contributed by atoms with E-state index in [1.54, 1.807) is 0 Å². The van der Waals surface area contributed by atoms with Crippen LogP contribution in [0.2, 0.25) is 0 Å². The summed E-state index contributed by atoms with van der Waals surface area (Å²) in [5.41, 5.74) is 2.75. The Morgan fingerprint density at radius 1 is 1.57 bits per heavy atom. The Kier molecular flexibility index (Phi) is 4.34. The van der Waals surface area contributed by atoms with Gasteiger partial charge >= 0.3 is 0 Å². The van der Waals surface area contributed by atoms with Gasteiger partial charge in [-0.3, -0.25) is 11.3 Å². The van der Waals surface area contributed by atoms with Gasteiger partial charge in [0.15, 0.2) is 9.84 Å². The van der Waals surface area contributed by atoms with Crippen LogP contribution in [0, 0.1) is 5.92 Å². The van der Waals surface area contributed by atoms with Gasteiger partial charge in [0.1, 0.15) is 0 Å². The zero-order chi connectivity index (χ0) is 10.6. The third kappa shape index (κ3) is 3.22. The number of hydrazine groups is 1. The quantitative estimate of drug-likeness (QED) is 0.521. The van der Waals surface area contributed by atoms with Crippen molar-refractivity contribution in [2.24, 2.45) is 11.8 Å². The van der Waals surface area contributed by atoms with E-state index in [1.165, 1.54) is 0 Å². The van der Waals surface area contributed by atoms with Crippen LogP contribution in [0.5, 0.6) is 0 Å². The van der Waals surface area contributed by atoms with Crippen molar-refractivity contribution in [3.8, 4) is 0 Å². The van der Waals surface area contributed by atoms with Crippen LogP contribution in [0.3, 0.4) is 0 Å². The molecule has 1 heterocycles. The first-order valence-electron chi connectivity index (χ1n) is 5.25. The molecule has 2 unspecified atom stereocenters. The lowest BCUT2D eigenvalue weighted by Gasteiger charge is -2.21. The van der Waals surface area contributed by atoms with Crippen molar-refractivity contribution in [3.63, 3.8) is 0 Å². The van der Waals surface area contributed by atoms with Crippen molar-refractivity contribution in [2.75, 3.05) is 11.5 Å². The molecule has 0 amide bonds. The molecule has 0 saturated carbocycles. The molecule has 1 saturated heterocycles. The van der Waals surface area contributed by atoms with Gasteiger partial charge in [0, 0.05) is 6.04 Å². The van der Waals surface area contributed by atoms with E-state index in [2.05, 4.69) is 12.3 Å². The number of nitrogens with one attached hydrogen (secondary N) is 1. The fraction of sp³-hybridized carbons (Fsp3) is 1.00. The highest BCUT2D eigenvalue weighted by molar-refractivity contribution is 7.91. The van der Waals surface area contributed by atoms with Crippen LogP contribution in [0.25, 0.3) is 0 Å². The molecule has 0 aromatic rings. The Bertz CT molecular complexity index is 264. The molecular formula is C9H20N2O2S. The van der Waals surface area contributed by atoms with E-state index in [4.69, 9.17) is 5.84 Å². The summed E-state index contributed by atoms with van der Waals surface area (Å²) in [7, 11) is -2.77. The zero-order valence-corrected chi connectivity index (χ0v) is 9.52. The van der Waals surface area contributed by atoms with Crippen molar-refractivity contribution in [1.29, 1.82) is 0 Å². The van der Waals surface area contributed by atoms with E-state index in [0.717, 1.165) is 25.7 Å². The second-order valence-corrected chi connectivity index (χ2v) is 6.31. The number of unbranched alkanes of at least 4 members (excludes halogenated alkanes) is 1. The Morgan fingerprint density at radius 3 is 2.71 bits per heavy atom. The molecule has 0 radical (unpaired) electrons. The SMILES string of the molecule is CCCCC(NN)C1CCS(=O)(=O)C1. The smallest absolute Gasteiger partial charge is 0.150 e. The first-order chi connectivity index (χ1) is 6.59. The molecule has 14 heavy (non-hydrogen) atoms. The second kappa shape index (κ2) is 5.09. The van der Waals surface area contributed by atoms with E-state index < -0.39 is 9.84 Å². The summed E-state index contributed by atoms with van der Waals surface area (Å²) < 4.78 is 22.5. The van der Waals surface area contributed by atoms with E-state index >= 15 is 0 Å². The Morgan fingerprint density at radius 2 is 2.29 bits per heavy atom. The molecule has 4 nitrogen and oxygen atoms in total.